The van der Waals surface area contributed by atoms with Gasteiger partial charge in [-0.1, -0.05) is 6.58 Å². The minimum Gasteiger partial charge on any atom is -0.500 e. The van der Waals surface area contributed by atoms with Gasteiger partial charge in [0, 0.05) is 13.0 Å². The number of carbonyl (C=O) groups is 3. The van der Waals surface area contributed by atoms with Gasteiger partial charge in [-0.25, -0.2) is 9.59 Å². The Morgan fingerprint density at radius 2 is 2.06 bits per heavy atom. The quantitative estimate of drug-likeness (QED) is 0.286. The highest BCUT2D eigenvalue weighted by Crippen LogP contribution is 1.80. The van der Waals surface area contributed by atoms with E-state index >= 15 is 0 Å². The van der Waals surface area contributed by atoms with Crippen molar-refractivity contribution in [1.29, 1.82) is 0 Å². The van der Waals surface area contributed by atoms with Crippen molar-refractivity contribution in [2.45, 2.75) is 6.92 Å². The van der Waals surface area contributed by atoms with Gasteiger partial charge in [-0.15, -0.1) is 0 Å². The molecule has 8 heteroatoms. The molecular weight excluding hydrogens is 217 g/mol. The first kappa shape index (κ1) is 14.0. The third kappa shape index (κ3) is 8.61. The van der Waals surface area contributed by atoms with Gasteiger partial charge in [0.2, 0.25) is 0 Å². The fourth-order valence-electron chi connectivity index (χ4n) is 0.541. The zero-order valence-corrected chi connectivity index (χ0v) is 8.73. The molecule has 1 N–H and O–H groups in total. The molecule has 0 atom stereocenters. The van der Waals surface area contributed by atoms with Gasteiger partial charge in [0.05, 0.1) is 6.54 Å². The zero-order chi connectivity index (χ0) is 12.4. The Morgan fingerprint density at radius 3 is 2.62 bits per heavy atom. The molecule has 0 saturated carbocycles. The fraction of sp³-hybridized carbons (Fsp3) is 0.375. The maximum Gasteiger partial charge on any atom is 0.663 e. The molecule has 0 spiro atoms. The molecule has 0 aliphatic carbocycles. The van der Waals surface area contributed by atoms with Crippen LogP contribution in [-0.2, 0) is 23.6 Å². The number of hydrogen-bond donors (Lipinski definition) is 1. The Morgan fingerprint density at radius 1 is 1.38 bits per heavy atom. The van der Waals surface area contributed by atoms with E-state index in [2.05, 4.69) is 25.9 Å². The maximum atomic E-state index is 10.8. The Kier molecular flexibility index (Phi) is 7.30. The molecule has 0 aromatic carbocycles. The smallest absolute Gasteiger partial charge is 0.500 e. The summed E-state index contributed by atoms with van der Waals surface area (Å²) in [5.41, 5.74) is 0. The minimum atomic E-state index is -0.823. The average Bonchev–Trinajstić information content (AvgIpc) is 2.23. The molecule has 0 heterocycles. The van der Waals surface area contributed by atoms with Gasteiger partial charge in [-0.05, 0) is 0 Å². The van der Waals surface area contributed by atoms with E-state index in [1.54, 1.807) is 0 Å². The van der Waals surface area contributed by atoms with Crippen LogP contribution in [0.1, 0.15) is 6.92 Å². The molecule has 0 aromatic rings. The Labute approximate surface area is 93.0 Å². The molecule has 0 aliphatic rings. The molecule has 0 unspecified atom stereocenters. The fourth-order valence-corrected chi connectivity index (χ4v) is 0.541. The van der Waals surface area contributed by atoms with E-state index in [9.17, 15) is 14.4 Å². The Hall–Kier alpha value is -1.99. The highest BCUT2D eigenvalue weighted by molar-refractivity contribution is 6.25. The zero-order valence-electron chi connectivity index (χ0n) is 8.73. The summed E-state index contributed by atoms with van der Waals surface area (Å²) in [6.07, 6.45) is 0.184. The second kappa shape index (κ2) is 8.33. The van der Waals surface area contributed by atoms with Crippen LogP contribution in [0, 0.1) is 0 Å². The van der Waals surface area contributed by atoms with Crippen molar-refractivity contribution in [2.24, 2.45) is 0 Å². The number of hydrogen-bond acceptors (Lipinski definition) is 6. The highest BCUT2D eigenvalue weighted by Gasteiger charge is 2.07. The van der Waals surface area contributed by atoms with Crippen LogP contribution in [0.2, 0.25) is 0 Å². The molecule has 1 amide bonds. The third-order valence-electron chi connectivity index (χ3n) is 1.15. The summed E-state index contributed by atoms with van der Waals surface area (Å²) in [4.78, 5) is 31.6. The van der Waals surface area contributed by atoms with E-state index in [-0.39, 0.29) is 13.2 Å². The summed E-state index contributed by atoms with van der Waals surface area (Å²) in [7, 11) is 0.605. The van der Waals surface area contributed by atoms with Crippen LogP contribution in [0.5, 0.6) is 0 Å². The Bertz CT molecular complexity index is 280. The van der Waals surface area contributed by atoms with E-state index in [1.807, 2.05) is 0 Å². The molecule has 0 aromatic heterocycles. The Balaban J connectivity index is 3.40. The number of carbonyl (C=O) groups excluding carboxylic acids is 3. The molecular formula is C8H11BNO6. The average molecular weight is 228 g/mol. The van der Waals surface area contributed by atoms with Gasteiger partial charge >= 0.3 is 19.7 Å². The summed E-state index contributed by atoms with van der Waals surface area (Å²) in [6, 6.07) is 0. The van der Waals surface area contributed by atoms with Crippen LogP contribution in [0.25, 0.3) is 0 Å². The van der Waals surface area contributed by atoms with Crippen molar-refractivity contribution in [3.8, 4) is 0 Å². The summed E-state index contributed by atoms with van der Waals surface area (Å²) < 4.78 is 13.1. The van der Waals surface area contributed by atoms with E-state index in [0.717, 1.165) is 13.0 Å². The van der Waals surface area contributed by atoms with Crippen molar-refractivity contribution in [1.82, 2.24) is 5.32 Å². The third-order valence-corrected chi connectivity index (χ3v) is 1.15. The molecule has 0 aliphatic heterocycles. The summed E-state index contributed by atoms with van der Waals surface area (Å²) in [6.45, 7) is 4.42. The lowest BCUT2D eigenvalue weighted by molar-refractivity contribution is -0.137. The van der Waals surface area contributed by atoms with Crippen molar-refractivity contribution >= 4 is 25.7 Å². The van der Waals surface area contributed by atoms with Gasteiger partial charge in [-0.3, -0.25) is 4.79 Å². The van der Waals surface area contributed by atoms with Gasteiger partial charge in [0.25, 0.3) is 5.97 Å². The van der Waals surface area contributed by atoms with E-state index in [0.29, 0.717) is 7.69 Å². The van der Waals surface area contributed by atoms with Crippen LogP contribution in [-0.4, -0.2) is 38.9 Å². The molecule has 0 rings (SSSR count). The van der Waals surface area contributed by atoms with Gasteiger partial charge in [0.1, 0.15) is 6.61 Å². The largest absolute Gasteiger partial charge is 0.663 e. The molecule has 0 fully saturated rings. The van der Waals surface area contributed by atoms with Gasteiger partial charge in [0.15, 0.2) is 0 Å². The summed E-state index contributed by atoms with van der Waals surface area (Å²) in [5.74, 6) is -1.19. The highest BCUT2D eigenvalue weighted by atomic mass is 16.6. The molecule has 0 bridgehead atoms. The van der Waals surface area contributed by atoms with Gasteiger partial charge in [-0.2, -0.15) is 0 Å². The topological polar surface area (TPSA) is 90.9 Å². The minimum absolute atomic E-state index is 0.00643. The SMILES string of the molecule is C=CC(=O)OCCNC(=O)O[B]OC(C)=O. The predicted molar refractivity (Wildman–Crippen MR) is 53.2 cm³/mol. The van der Waals surface area contributed by atoms with E-state index in [1.165, 1.54) is 0 Å². The van der Waals surface area contributed by atoms with Crippen molar-refractivity contribution in [3.05, 3.63) is 12.7 Å². The molecule has 0 saturated heterocycles. The standard InChI is InChI=1S/C8H11BNO6/c1-3-7(12)14-5-4-10-8(13)16-9-15-6(2)11/h3H,1,4-5H2,2H3,(H,10,13). The van der Waals surface area contributed by atoms with E-state index in [4.69, 9.17) is 0 Å². The van der Waals surface area contributed by atoms with Crippen molar-refractivity contribution in [2.75, 3.05) is 13.2 Å². The lowest BCUT2D eigenvalue weighted by Gasteiger charge is -2.05. The monoisotopic (exact) mass is 228 g/mol. The number of nitrogens with one attached hydrogen (secondary N) is 1. The lowest BCUT2D eigenvalue weighted by Crippen LogP contribution is -2.30. The van der Waals surface area contributed by atoms with Crippen LogP contribution < -0.4 is 5.32 Å². The van der Waals surface area contributed by atoms with Crippen LogP contribution in [0.15, 0.2) is 12.7 Å². The number of rotatable bonds is 6. The maximum absolute atomic E-state index is 10.8. The summed E-state index contributed by atoms with van der Waals surface area (Å²) in [5, 5.41) is 2.24. The first-order chi connectivity index (χ1) is 7.56. The van der Waals surface area contributed by atoms with Crippen LogP contribution >= 0.6 is 0 Å². The molecule has 7 nitrogen and oxygen atoms in total. The first-order valence-corrected chi connectivity index (χ1v) is 4.29. The molecule has 1 radical (unpaired) electrons. The first-order valence-electron chi connectivity index (χ1n) is 4.29. The normalized spacial score (nSPS) is 8.56. The van der Waals surface area contributed by atoms with Crippen molar-refractivity contribution < 1.29 is 28.4 Å². The second-order valence-electron chi connectivity index (χ2n) is 2.41. The predicted octanol–water partition coefficient (Wildman–Crippen LogP) is -0.461. The molecule has 16 heavy (non-hydrogen) atoms. The van der Waals surface area contributed by atoms with E-state index < -0.39 is 18.0 Å². The second-order valence-corrected chi connectivity index (χ2v) is 2.41. The summed E-state index contributed by atoms with van der Waals surface area (Å²) >= 11 is 0. The van der Waals surface area contributed by atoms with Crippen LogP contribution in [0.3, 0.4) is 0 Å². The number of ether oxygens (including phenoxy) is 1. The van der Waals surface area contributed by atoms with Gasteiger partial charge < -0.3 is 19.4 Å². The van der Waals surface area contributed by atoms with Crippen molar-refractivity contribution in [3.63, 3.8) is 0 Å². The number of esters is 1. The van der Waals surface area contributed by atoms with Crippen LogP contribution in [0.4, 0.5) is 4.79 Å². The number of amides is 1. The lowest BCUT2D eigenvalue weighted by atomic mass is 10.4. The molecule has 87 valence electrons.